The number of rotatable bonds is 9. The van der Waals surface area contributed by atoms with E-state index in [2.05, 4.69) is 4.98 Å². The van der Waals surface area contributed by atoms with Crippen molar-refractivity contribution in [3.63, 3.8) is 0 Å². The molecule has 0 radical (unpaired) electrons. The molecule has 33 heavy (non-hydrogen) atoms. The van der Waals surface area contributed by atoms with E-state index < -0.39 is 16.0 Å². The second kappa shape index (κ2) is 10.7. The van der Waals surface area contributed by atoms with Gasteiger partial charge in [-0.3, -0.25) is 9.29 Å². The highest BCUT2D eigenvalue weighted by Gasteiger charge is 2.28. The van der Waals surface area contributed by atoms with Gasteiger partial charge in [-0.2, -0.15) is 0 Å². The lowest BCUT2D eigenvalue weighted by Gasteiger charge is -2.26. The molecule has 0 fully saturated rings. The summed E-state index contributed by atoms with van der Waals surface area (Å²) in [6.07, 6.45) is 3.44. The summed E-state index contributed by atoms with van der Waals surface area (Å²) in [4.78, 5) is 15.7. The van der Waals surface area contributed by atoms with E-state index in [1.54, 1.807) is 42.5 Å². The number of nitrogens with zero attached hydrogens (tertiary/aromatic N) is 2. The van der Waals surface area contributed by atoms with E-state index in [9.17, 15) is 13.2 Å². The monoisotopic (exact) mass is 488 g/mol. The molecule has 1 heterocycles. The van der Waals surface area contributed by atoms with Crippen LogP contribution < -0.4 is 9.04 Å². The highest BCUT2D eigenvalue weighted by molar-refractivity contribution is 7.92. The second-order valence-electron chi connectivity index (χ2n) is 7.31. The van der Waals surface area contributed by atoms with Crippen molar-refractivity contribution in [2.24, 2.45) is 0 Å². The molecule has 0 saturated carbocycles. The highest BCUT2D eigenvalue weighted by atomic mass is 35.5. The zero-order valence-electron chi connectivity index (χ0n) is 18.6. The molecule has 0 aliphatic heterocycles. The van der Waals surface area contributed by atoms with E-state index >= 15 is 0 Å². The Morgan fingerprint density at radius 3 is 2.48 bits per heavy atom. The predicted octanol–water partition coefficient (Wildman–Crippen LogP) is 5.01. The van der Waals surface area contributed by atoms with E-state index in [-0.39, 0.29) is 18.0 Å². The van der Waals surface area contributed by atoms with E-state index in [0.29, 0.717) is 28.4 Å². The Morgan fingerprint density at radius 1 is 1.15 bits per heavy atom. The first-order valence-corrected chi connectivity index (χ1v) is 12.1. The number of hydrogen-bond acceptors (Lipinski definition) is 6. The summed E-state index contributed by atoms with van der Waals surface area (Å²) < 4.78 is 38.9. The molecule has 0 bridgehead atoms. The number of methoxy groups -OCH3 is 1. The Balaban J connectivity index is 1.96. The summed E-state index contributed by atoms with van der Waals surface area (Å²) >= 11 is 6.34. The fraction of sp³-hybridized carbons (Fsp3) is 0.250. The van der Waals surface area contributed by atoms with Crippen molar-refractivity contribution in [2.45, 2.75) is 31.8 Å². The molecule has 1 aromatic heterocycles. The second-order valence-corrected chi connectivity index (χ2v) is 9.58. The maximum atomic E-state index is 13.4. The topological polar surface area (TPSA) is 85.8 Å². The van der Waals surface area contributed by atoms with Gasteiger partial charge in [-0.15, -0.1) is 0 Å². The number of esters is 1. The van der Waals surface area contributed by atoms with Crippen LogP contribution in [0.1, 0.15) is 34.8 Å². The number of carbonyl (C=O) groups excluding carboxylic acids is 1. The van der Waals surface area contributed by atoms with Gasteiger partial charge in [0, 0.05) is 30.0 Å². The molecule has 0 saturated heterocycles. The average Bonchev–Trinajstić information content (AvgIpc) is 2.83. The van der Waals surface area contributed by atoms with Crippen LogP contribution in [0.25, 0.3) is 0 Å². The summed E-state index contributed by atoms with van der Waals surface area (Å²) in [7, 11) is -2.55. The Morgan fingerprint density at radius 2 is 1.88 bits per heavy atom. The molecule has 0 spiro atoms. The summed E-state index contributed by atoms with van der Waals surface area (Å²) in [6, 6.07) is 13.2. The maximum absolute atomic E-state index is 13.4. The van der Waals surface area contributed by atoms with Crippen LogP contribution >= 0.6 is 11.6 Å². The van der Waals surface area contributed by atoms with Gasteiger partial charge in [-0.05, 0) is 54.8 Å². The van der Waals surface area contributed by atoms with Gasteiger partial charge >= 0.3 is 5.97 Å². The van der Waals surface area contributed by atoms with Gasteiger partial charge in [-0.1, -0.05) is 30.7 Å². The number of halogens is 1. The molecular weight excluding hydrogens is 464 g/mol. The number of carbonyl (C=O) groups is 1. The first-order valence-electron chi connectivity index (χ1n) is 10.3. The number of sulfonamides is 1. The zero-order chi connectivity index (χ0) is 24.0. The van der Waals surface area contributed by atoms with Crippen LogP contribution in [-0.4, -0.2) is 33.0 Å². The predicted molar refractivity (Wildman–Crippen MR) is 127 cm³/mol. The molecule has 2 aromatic carbocycles. The van der Waals surface area contributed by atoms with Crippen LogP contribution in [0.3, 0.4) is 0 Å². The molecule has 9 heteroatoms. The average molecular weight is 489 g/mol. The number of benzene rings is 2. The smallest absolute Gasteiger partial charge is 0.337 e. The van der Waals surface area contributed by atoms with Gasteiger partial charge in [0.05, 0.1) is 18.4 Å². The number of pyridine rings is 1. The van der Waals surface area contributed by atoms with Gasteiger partial charge in [-0.25, -0.2) is 13.2 Å². The zero-order valence-corrected chi connectivity index (χ0v) is 20.2. The molecule has 0 N–H and O–H groups in total. The van der Waals surface area contributed by atoms with Crippen molar-refractivity contribution >= 4 is 33.3 Å². The third-order valence-corrected chi connectivity index (χ3v) is 7.13. The van der Waals surface area contributed by atoms with Gasteiger partial charge in [0.15, 0.2) is 0 Å². The van der Waals surface area contributed by atoms with E-state index in [1.165, 1.54) is 29.9 Å². The van der Waals surface area contributed by atoms with Crippen LogP contribution in [0.15, 0.2) is 65.8 Å². The largest absolute Gasteiger partial charge is 0.487 e. The third kappa shape index (κ3) is 5.64. The number of hydrogen-bond donors (Lipinski definition) is 0. The van der Waals surface area contributed by atoms with Crippen LogP contribution in [-0.2, 0) is 21.4 Å². The molecule has 0 unspecified atom stereocenters. The normalized spacial score (nSPS) is 11.2. The standard InChI is InChI=1S/C24H25ClN2O5S/c1-4-12-27(33(29,30)20-6-5-11-26-15-20)22-13-17(2)21(25)14-23(22)32-16-18-7-9-19(10-8-18)24(28)31-3/h5-11,13-15H,4,12,16H2,1-3H3. The van der Waals surface area contributed by atoms with Crippen molar-refractivity contribution in [3.8, 4) is 5.75 Å². The van der Waals surface area contributed by atoms with Gasteiger partial charge < -0.3 is 9.47 Å². The quantitative estimate of drug-likeness (QED) is 0.393. The lowest BCUT2D eigenvalue weighted by atomic mass is 10.1. The number of aryl methyl sites for hydroxylation is 1. The molecule has 0 amide bonds. The lowest BCUT2D eigenvalue weighted by molar-refractivity contribution is 0.0600. The third-order valence-electron chi connectivity index (χ3n) is 4.93. The van der Waals surface area contributed by atoms with Crippen LogP contribution in [0.5, 0.6) is 5.75 Å². The molecule has 3 aromatic rings. The number of anilines is 1. The summed E-state index contributed by atoms with van der Waals surface area (Å²) in [5, 5.41) is 0.463. The van der Waals surface area contributed by atoms with Crippen molar-refractivity contribution in [1.82, 2.24) is 4.98 Å². The minimum Gasteiger partial charge on any atom is -0.487 e. The summed E-state index contributed by atoms with van der Waals surface area (Å²) in [6.45, 7) is 4.11. The molecule has 7 nitrogen and oxygen atoms in total. The minimum atomic E-state index is -3.87. The maximum Gasteiger partial charge on any atom is 0.337 e. The van der Waals surface area contributed by atoms with Gasteiger partial charge in [0.25, 0.3) is 10.0 Å². The first-order chi connectivity index (χ1) is 15.8. The summed E-state index contributed by atoms with van der Waals surface area (Å²) in [5.41, 5.74) is 2.34. The molecule has 3 rings (SSSR count). The Bertz CT molecular complexity index is 1220. The molecule has 174 valence electrons. The molecule has 0 aliphatic carbocycles. The van der Waals surface area contributed by atoms with Crippen LogP contribution in [0.2, 0.25) is 5.02 Å². The van der Waals surface area contributed by atoms with Crippen molar-refractivity contribution < 1.29 is 22.7 Å². The molecule has 0 atom stereocenters. The number of aromatic nitrogens is 1. The number of ether oxygens (including phenoxy) is 2. The van der Waals surface area contributed by atoms with E-state index in [0.717, 1.165) is 11.1 Å². The van der Waals surface area contributed by atoms with Gasteiger partial charge in [0.2, 0.25) is 0 Å². The lowest BCUT2D eigenvalue weighted by Crippen LogP contribution is -2.32. The van der Waals surface area contributed by atoms with Crippen molar-refractivity contribution in [3.05, 3.63) is 82.6 Å². The SMILES string of the molecule is CCCN(c1cc(C)c(Cl)cc1OCc1ccc(C(=O)OC)cc1)S(=O)(=O)c1cccnc1. The van der Waals surface area contributed by atoms with E-state index in [1.807, 2.05) is 13.8 Å². The van der Waals surface area contributed by atoms with E-state index in [4.69, 9.17) is 21.1 Å². The molecular formula is C24H25ClN2O5S. The molecule has 0 aliphatic rings. The fourth-order valence-electron chi connectivity index (χ4n) is 3.17. The Kier molecular flexibility index (Phi) is 7.94. The van der Waals surface area contributed by atoms with Crippen LogP contribution in [0, 0.1) is 6.92 Å². The van der Waals surface area contributed by atoms with Crippen LogP contribution in [0.4, 0.5) is 5.69 Å². The first kappa shape index (κ1) is 24.5. The highest BCUT2D eigenvalue weighted by Crippen LogP contribution is 2.37. The Hall–Kier alpha value is -3.10. The van der Waals surface area contributed by atoms with Crippen molar-refractivity contribution in [1.29, 1.82) is 0 Å². The van der Waals surface area contributed by atoms with Gasteiger partial charge in [0.1, 0.15) is 17.3 Å². The van der Waals surface area contributed by atoms with Crippen molar-refractivity contribution in [2.75, 3.05) is 18.0 Å². The Labute approximate surface area is 199 Å². The fourth-order valence-corrected chi connectivity index (χ4v) is 4.85. The minimum absolute atomic E-state index is 0.0930. The summed E-state index contributed by atoms with van der Waals surface area (Å²) in [5.74, 6) is -0.0885.